The van der Waals surface area contributed by atoms with Crippen LogP contribution in [0.15, 0.2) is 67.5 Å². The molecule has 0 radical (unpaired) electrons. The number of rotatable bonds is 6. The molecule has 0 saturated carbocycles. The lowest BCUT2D eigenvalue weighted by atomic mass is 9.99. The minimum atomic E-state index is -0.554. The van der Waals surface area contributed by atoms with Gasteiger partial charge in [0.05, 0.1) is 27.8 Å². The Morgan fingerprint density at radius 3 is 2.72 bits per heavy atom. The summed E-state index contributed by atoms with van der Waals surface area (Å²) in [7, 11) is 2.12. The van der Waals surface area contributed by atoms with Crippen molar-refractivity contribution in [3.05, 3.63) is 89.5 Å². The normalized spacial score (nSPS) is 15.6. The number of benzene rings is 2. The van der Waals surface area contributed by atoms with Gasteiger partial charge < -0.3 is 19.4 Å². The molecule has 2 aromatic carbocycles. The first-order chi connectivity index (χ1) is 20.9. The van der Waals surface area contributed by atoms with Crippen molar-refractivity contribution in [2.75, 3.05) is 44.7 Å². The summed E-state index contributed by atoms with van der Waals surface area (Å²) in [5.41, 5.74) is 5.19. The van der Waals surface area contributed by atoms with Crippen molar-refractivity contribution in [3.8, 4) is 23.0 Å². The van der Waals surface area contributed by atoms with Crippen molar-refractivity contribution < 1.29 is 9.13 Å². The zero-order chi connectivity index (χ0) is 29.7. The number of hydrogen-bond donors (Lipinski definition) is 1. The number of fused-ring (bicyclic) bond motifs is 3. The number of allylic oxidation sites excluding steroid dienone is 1. The van der Waals surface area contributed by atoms with Gasteiger partial charge in [-0.15, -0.1) is 0 Å². The van der Waals surface area contributed by atoms with Crippen molar-refractivity contribution in [2.45, 2.75) is 13.0 Å². The second-order valence-electron chi connectivity index (χ2n) is 10.9. The Bertz CT molecular complexity index is 1900. The highest BCUT2D eigenvalue weighted by Crippen LogP contribution is 2.38. The monoisotopic (exact) mass is 596 g/mol. The number of ether oxygens (including phenoxy) is 1. The van der Waals surface area contributed by atoms with Crippen LogP contribution in [0.1, 0.15) is 11.1 Å². The molecule has 0 amide bonds. The van der Waals surface area contributed by atoms with Crippen molar-refractivity contribution in [1.82, 2.24) is 34.9 Å². The Morgan fingerprint density at radius 1 is 1.07 bits per heavy atom. The molecule has 9 nitrogen and oxygen atoms in total. The average Bonchev–Trinajstić information content (AvgIpc) is 3.48. The number of nitrogens with one attached hydrogen (secondary N) is 1. The van der Waals surface area contributed by atoms with E-state index in [4.69, 9.17) is 31.3 Å². The van der Waals surface area contributed by atoms with Crippen LogP contribution in [0.5, 0.6) is 11.8 Å². The molecule has 1 fully saturated rings. The molecule has 7 rings (SSSR count). The summed E-state index contributed by atoms with van der Waals surface area (Å²) >= 11 is 6.49. The zero-order valence-electron chi connectivity index (χ0n) is 23.8. The molecule has 1 N–H and O–H groups in total. The molecule has 5 heterocycles. The lowest BCUT2D eigenvalue weighted by Crippen LogP contribution is -2.45. The van der Waals surface area contributed by atoms with Crippen molar-refractivity contribution in [2.24, 2.45) is 0 Å². The number of likely N-dealkylation sites (N-methyl/N-ethyl adjacent to an activating group) is 1. The first-order valence-corrected chi connectivity index (χ1v) is 14.6. The molecule has 5 aromatic rings. The van der Waals surface area contributed by atoms with Crippen LogP contribution < -0.4 is 9.64 Å². The summed E-state index contributed by atoms with van der Waals surface area (Å²) in [6, 6.07) is 11.4. The summed E-state index contributed by atoms with van der Waals surface area (Å²) < 4.78 is 21.2. The summed E-state index contributed by atoms with van der Waals surface area (Å²) in [6.07, 6.45) is 4.27. The van der Waals surface area contributed by atoms with Crippen LogP contribution >= 0.6 is 11.6 Å². The molecule has 0 aliphatic carbocycles. The van der Waals surface area contributed by atoms with Gasteiger partial charge in [-0.05, 0) is 43.3 Å². The summed E-state index contributed by atoms with van der Waals surface area (Å²) in [4.78, 5) is 21.3. The molecule has 0 atom stereocenters. The van der Waals surface area contributed by atoms with Crippen molar-refractivity contribution in [1.29, 1.82) is 0 Å². The van der Waals surface area contributed by atoms with Gasteiger partial charge in [0.15, 0.2) is 5.65 Å². The molecule has 0 bridgehead atoms. The van der Waals surface area contributed by atoms with E-state index in [-0.39, 0.29) is 11.0 Å². The van der Waals surface area contributed by atoms with E-state index < -0.39 is 5.82 Å². The quantitative estimate of drug-likeness (QED) is 0.240. The largest absolute Gasteiger partial charge is 0.424 e. The predicted molar refractivity (Wildman–Crippen MR) is 167 cm³/mol. The number of halogens is 2. The minimum Gasteiger partial charge on any atom is -0.424 e. The Morgan fingerprint density at radius 2 is 1.91 bits per heavy atom. The molecular formula is C32H30ClFN8O. The van der Waals surface area contributed by atoms with Gasteiger partial charge in [0.2, 0.25) is 0 Å². The van der Waals surface area contributed by atoms with Gasteiger partial charge in [0.1, 0.15) is 17.4 Å². The molecular weight excluding hydrogens is 567 g/mol. The van der Waals surface area contributed by atoms with E-state index in [0.29, 0.717) is 27.8 Å². The van der Waals surface area contributed by atoms with E-state index in [2.05, 4.69) is 51.2 Å². The molecule has 2 aliphatic heterocycles. The lowest BCUT2D eigenvalue weighted by Gasteiger charge is -2.37. The SMILES string of the molecule is C=CC(=C)N1CCN(c2nc(Oc3cccc4c3CCN(C)C4)nc3nc(-c4c(Cl)c(F)cc5[nH]ncc45)ccc23)CC1. The number of H-pyrrole nitrogens is 1. The number of aromatic nitrogens is 5. The lowest BCUT2D eigenvalue weighted by molar-refractivity contribution is 0.308. The van der Waals surface area contributed by atoms with Gasteiger partial charge in [-0.3, -0.25) is 5.10 Å². The highest BCUT2D eigenvalue weighted by atomic mass is 35.5. The minimum absolute atomic E-state index is 0.0223. The Balaban J connectivity index is 1.34. The summed E-state index contributed by atoms with van der Waals surface area (Å²) in [5.74, 6) is 0.917. The standard InChI is InChI=1S/C32H30ClFN8O/c1-4-19(2)41-12-14-42(15-13-41)31-22-8-9-25(28-23-17-35-39-26(23)16-24(34)29(28)33)36-30(22)37-32(38-31)43-27-7-5-6-20-18-40(3)11-10-21(20)27/h4-9,16-17H,1-2,10-15,18H2,3H3,(H,35,39). The number of aromatic amines is 1. The fourth-order valence-electron chi connectivity index (χ4n) is 5.93. The van der Waals surface area contributed by atoms with Crippen LogP contribution in [0.2, 0.25) is 5.02 Å². The first-order valence-electron chi connectivity index (χ1n) is 14.2. The number of nitrogens with zero attached hydrogens (tertiary/aromatic N) is 7. The van der Waals surface area contributed by atoms with Gasteiger partial charge in [-0.1, -0.05) is 36.9 Å². The third-order valence-electron chi connectivity index (χ3n) is 8.25. The molecule has 2 aliphatic rings. The second-order valence-corrected chi connectivity index (χ2v) is 11.3. The molecule has 3 aromatic heterocycles. The molecule has 1 saturated heterocycles. The number of piperazine rings is 1. The average molecular weight is 597 g/mol. The Kier molecular flexibility index (Phi) is 6.95. The maximum Gasteiger partial charge on any atom is 0.326 e. The van der Waals surface area contributed by atoms with Crippen molar-refractivity contribution >= 4 is 39.4 Å². The van der Waals surface area contributed by atoms with Crippen molar-refractivity contribution in [3.63, 3.8) is 0 Å². The van der Waals surface area contributed by atoms with Crippen LogP contribution in [0, 0.1) is 5.82 Å². The fraction of sp³-hybridized carbons (Fsp3) is 0.250. The van der Waals surface area contributed by atoms with Gasteiger partial charge in [-0.2, -0.15) is 15.1 Å². The van der Waals surface area contributed by atoms with E-state index in [1.807, 2.05) is 24.3 Å². The third kappa shape index (κ3) is 4.96. The van der Waals surface area contributed by atoms with Gasteiger partial charge in [-0.25, -0.2) is 9.37 Å². The highest BCUT2D eigenvalue weighted by molar-refractivity contribution is 6.35. The van der Waals surface area contributed by atoms with E-state index >= 15 is 0 Å². The maximum atomic E-state index is 14.8. The fourth-order valence-corrected chi connectivity index (χ4v) is 6.18. The number of pyridine rings is 1. The van der Waals surface area contributed by atoms with E-state index in [1.165, 1.54) is 11.6 Å². The summed E-state index contributed by atoms with van der Waals surface area (Å²) in [5, 5.41) is 8.31. The first kappa shape index (κ1) is 27.3. The number of anilines is 1. The van der Waals surface area contributed by atoms with E-state index in [9.17, 15) is 4.39 Å². The third-order valence-corrected chi connectivity index (χ3v) is 8.62. The van der Waals surface area contributed by atoms with Crippen LogP contribution in [-0.4, -0.2) is 74.7 Å². The maximum absolute atomic E-state index is 14.8. The van der Waals surface area contributed by atoms with Crippen LogP contribution in [-0.2, 0) is 13.0 Å². The summed E-state index contributed by atoms with van der Waals surface area (Å²) in [6.45, 7) is 12.8. The molecule has 0 spiro atoms. The smallest absolute Gasteiger partial charge is 0.326 e. The Labute approximate surface area is 253 Å². The van der Waals surface area contributed by atoms with E-state index in [0.717, 1.165) is 73.9 Å². The molecule has 43 heavy (non-hydrogen) atoms. The second kappa shape index (κ2) is 10.9. The predicted octanol–water partition coefficient (Wildman–Crippen LogP) is 5.96. The topological polar surface area (TPSA) is 86.3 Å². The van der Waals surface area contributed by atoms with Crippen LogP contribution in [0.25, 0.3) is 33.2 Å². The van der Waals surface area contributed by atoms with Crippen LogP contribution in [0.3, 0.4) is 0 Å². The van der Waals surface area contributed by atoms with Crippen LogP contribution in [0.4, 0.5) is 10.2 Å². The van der Waals surface area contributed by atoms with Gasteiger partial charge in [0, 0.05) is 67.5 Å². The van der Waals surface area contributed by atoms with Gasteiger partial charge >= 0.3 is 6.01 Å². The number of hydrogen-bond acceptors (Lipinski definition) is 8. The van der Waals surface area contributed by atoms with E-state index in [1.54, 1.807) is 12.3 Å². The van der Waals surface area contributed by atoms with Gasteiger partial charge in [0.25, 0.3) is 0 Å². The molecule has 0 unspecified atom stereocenters. The highest BCUT2D eigenvalue weighted by Gasteiger charge is 2.25. The zero-order valence-corrected chi connectivity index (χ0v) is 24.5. The Hall–Kier alpha value is -4.54. The molecule has 11 heteroatoms. The molecule has 218 valence electrons.